The summed E-state index contributed by atoms with van der Waals surface area (Å²) in [7, 11) is 0. The molecule has 0 aliphatic rings. The molecule has 3 nitrogen and oxygen atoms in total. The van der Waals surface area contributed by atoms with Gasteiger partial charge in [-0.2, -0.15) is 0 Å². The fourth-order valence-corrected chi connectivity index (χ4v) is 0.142. The number of hydrogen-bond donors (Lipinski definition) is 1. The number of halogens is 1. The molecule has 54 valence electrons. The van der Waals surface area contributed by atoms with Gasteiger partial charge in [-0.15, -0.1) is 0 Å². The van der Waals surface area contributed by atoms with Gasteiger partial charge in [-0.3, -0.25) is 0 Å². The second-order valence-electron chi connectivity index (χ2n) is 0.906. The van der Waals surface area contributed by atoms with E-state index in [4.69, 9.17) is 11.6 Å². The van der Waals surface area contributed by atoms with E-state index < -0.39 is 6.09 Å². The lowest BCUT2D eigenvalue weighted by atomic mass is 10.9. The molecule has 1 amide bonds. The van der Waals surface area contributed by atoms with Crippen molar-refractivity contribution in [2.24, 2.45) is 5.73 Å². The Balaban J connectivity index is 0. The summed E-state index contributed by atoms with van der Waals surface area (Å²) in [5.74, 6) is 0. The topological polar surface area (TPSA) is 52.3 Å². The average molecular weight is 152 g/mol. The van der Waals surface area contributed by atoms with Crippen LogP contribution < -0.4 is 5.73 Å². The summed E-state index contributed by atoms with van der Waals surface area (Å²) >= 11 is 4.76. The molecule has 0 bridgehead atoms. The normalized spacial score (nSPS) is 6.44. The molecule has 0 aromatic carbocycles. The molecule has 0 radical (unpaired) electrons. The number of nitrogens with two attached hydrogens (primary N) is 1. The fourth-order valence-electron chi connectivity index (χ4n) is 0.142. The Labute approximate surface area is 59.4 Å². The monoisotopic (exact) mass is 151 g/mol. The van der Waals surface area contributed by atoms with Crippen LogP contribution in [0.3, 0.4) is 0 Å². The van der Waals surface area contributed by atoms with Gasteiger partial charge in [0.05, 0.1) is 6.61 Å². The first-order chi connectivity index (χ1) is 4.18. The zero-order valence-corrected chi connectivity index (χ0v) is 6.02. The first-order valence-electron chi connectivity index (χ1n) is 2.32. The maximum Gasteiger partial charge on any atom is 0.404 e. The zero-order chi connectivity index (χ0) is 7.70. The maximum absolute atomic E-state index is 9.60. The lowest BCUT2D eigenvalue weighted by molar-refractivity contribution is 0.163. The van der Waals surface area contributed by atoms with Gasteiger partial charge in [-0.1, -0.05) is 18.2 Å². The highest BCUT2D eigenvalue weighted by Gasteiger charge is 1.82. The molecule has 0 aromatic heterocycles. The van der Waals surface area contributed by atoms with Crippen molar-refractivity contribution in [3.05, 3.63) is 12.1 Å². The summed E-state index contributed by atoms with van der Waals surface area (Å²) in [6.45, 7) is 5.18. The summed E-state index contributed by atoms with van der Waals surface area (Å²) in [6.07, 6.45) is -0.711. The maximum atomic E-state index is 9.60. The summed E-state index contributed by atoms with van der Waals surface area (Å²) in [5.41, 5.74) is 5.76. The van der Waals surface area contributed by atoms with Gasteiger partial charge in [0, 0.05) is 0 Å². The summed E-state index contributed by atoms with van der Waals surface area (Å²) in [5, 5.41) is 0. The van der Waals surface area contributed by atoms with Gasteiger partial charge in [-0.05, 0) is 12.5 Å². The third-order valence-corrected chi connectivity index (χ3v) is 0.287. The Kier molecular flexibility index (Phi) is 12.8. The molecule has 0 aliphatic heterocycles. The first kappa shape index (κ1) is 11.1. The van der Waals surface area contributed by atoms with Crippen LogP contribution in [0.15, 0.2) is 12.1 Å². The van der Waals surface area contributed by atoms with E-state index in [0.29, 0.717) is 6.61 Å². The number of rotatable bonds is 1. The standard InChI is InChI=1S/C3H7NO2.C2H3Cl/c1-2-6-3(4)5;1-2-3/h2H2,1H3,(H2,4,5);2H,1H2. The number of hydrogen-bond acceptors (Lipinski definition) is 2. The quantitative estimate of drug-likeness (QED) is 0.617. The smallest absolute Gasteiger partial charge is 0.404 e. The lowest BCUT2D eigenvalue weighted by Crippen LogP contribution is -2.11. The molecule has 0 aromatic rings. The predicted octanol–water partition coefficient (Wildman–Crippen LogP) is 1.47. The van der Waals surface area contributed by atoms with Crippen molar-refractivity contribution in [3.8, 4) is 0 Å². The largest absolute Gasteiger partial charge is 0.450 e. The molecule has 0 saturated heterocycles. The van der Waals surface area contributed by atoms with Crippen LogP contribution in [-0.4, -0.2) is 12.7 Å². The molecule has 0 unspecified atom stereocenters. The number of carbonyl (C=O) groups is 1. The van der Waals surface area contributed by atoms with Crippen LogP contribution in [0.4, 0.5) is 4.79 Å². The van der Waals surface area contributed by atoms with Crippen molar-refractivity contribution in [1.29, 1.82) is 0 Å². The van der Waals surface area contributed by atoms with Crippen LogP contribution in [0, 0.1) is 0 Å². The van der Waals surface area contributed by atoms with Gasteiger partial charge in [-0.25, -0.2) is 4.79 Å². The summed E-state index contributed by atoms with van der Waals surface area (Å²) in [4.78, 5) is 9.60. The number of ether oxygens (including phenoxy) is 1. The number of primary amides is 1. The van der Waals surface area contributed by atoms with Crippen LogP contribution in [0.5, 0.6) is 0 Å². The molecule has 2 N–H and O–H groups in total. The molecular weight excluding hydrogens is 142 g/mol. The molecule has 0 fully saturated rings. The van der Waals surface area contributed by atoms with E-state index in [1.807, 2.05) is 0 Å². The van der Waals surface area contributed by atoms with Gasteiger partial charge >= 0.3 is 6.09 Å². The zero-order valence-electron chi connectivity index (χ0n) is 5.26. The van der Waals surface area contributed by atoms with Crippen molar-refractivity contribution in [1.82, 2.24) is 0 Å². The molecule has 0 heterocycles. The Hall–Kier alpha value is -0.700. The van der Waals surface area contributed by atoms with Crippen LogP contribution >= 0.6 is 11.6 Å². The average Bonchev–Trinajstić information content (AvgIpc) is 1.67. The summed E-state index contributed by atoms with van der Waals surface area (Å²) in [6, 6.07) is 0. The van der Waals surface area contributed by atoms with Gasteiger partial charge in [0.15, 0.2) is 0 Å². The first-order valence-corrected chi connectivity index (χ1v) is 2.76. The third kappa shape index (κ3) is 38.8. The van der Waals surface area contributed by atoms with E-state index in [2.05, 4.69) is 17.0 Å². The van der Waals surface area contributed by atoms with Crippen LogP contribution in [0.1, 0.15) is 6.92 Å². The number of amides is 1. The predicted molar refractivity (Wildman–Crippen MR) is 37.3 cm³/mol. The van der Waals surface area contributed by atoms with Crippen LogP contribution in [-0.2, 0) is 4.74 Å². The van der Waals surface area contributed by atoms with E-state index in [9.17, 15) is 4.79 Å². The lowest BCUT2D eigenvalue weighted by Gasteiger charge is -1.89. The van der Waals surface area contributed by atoms with E-state index in [1.54, 1.807) is 6.92 Å². The van der Waals surface area contributed by atoms with Crippen molar-refractivity contribution in [3.63, 3.8) is 0 Å². The summed E-state index contributed by atoms with van der Waals surface area (Å²) < 4.78 is 4.18. The SMILES string of the molecule is C=CCl.CCOC(N)=O. The third-order valence-electron chi connectivity index (χ3n) is 0.287. The minimum absolute atomic E-state index is 0.356. The molecule has 0 saturated carbocycles. The Morgan fingerprint density at radius 3 is 2.33 bits per heavy atom. The van der Waals surface area contributed by atoms with E-state index in [1.165, 1.54) is 5.54 Å². The van der Waals surface area contributed by atoms with Crippen molar-refractivity contribution >= 4 is 17.7 Å². The van der Waals surface area contributed by atoms with E-state index in [-0.39, 0.29) is 0 Å². The van der Waals surface area contributed by atoms with Crippen molar-refractivity contribution < 1.29 is 9.53 Å². The van der Waals surface area contributed by atoms with E-state index >= 15 is 0 Å². The van der Waals surface area contributed by atoms with Gasteiger partial charge in [0.2, 0.25) is 0 Å². The molecule has 0 aliphatic carbocycles. The fraction of sp³-hybridized carbons (Fsp3) is 0.400. The molecule has 0 spiro atoms. The molecule has 9 heavy (non-hydrogen) atoms. The second-order valence-corrected chi connectivity index (χ2v) is 1.21. The van der Waals surface area contributed by atoms with Crippen molar-refractivity contribution in [2.45, 2.75) is 6.92 Å². The minimum Gasteiger partial charge on any atom is -0.450 e. The molecule has 0 rings (SSSR count). The van der Waals surface area contributed by atoms with Gasteiger partial charge < -0.3 is 10.5 Å². The van der Waals surface area contributed by atoms with Crippen LogP contribution in [0.2, 0.25) is 0 Å². The number of carbonyl (C=O) groups excluding carboxylic acids is 1. The molecular formula is C5H10ClNO2. The highest BCUT2D eigenvalue weighted by Crippen LogP contribution is 1.66. The second kappa shape index (κ2) is 10.3. The molecule has 4 heteroatoms. The highest BCUT2D eigenvalue weighted by molar-refractivity contribution is 6.25. The Morgan fingerprint density at radius 1 is 2.00 bits per heavy atom. The van der Waals surface area contributed by atoms with Crippen molar-refractivity contribution in [2.75, 3.05) is 6.61 Å². The molecule has 0 atom stereocenters. The minimum atomic E-state index is -0.711. The van der Waals surface area contributed by atoms with Gasteiger partial charge in [0.1, 0.15) is 0 Å². The van der Waals surface area contributed by atoms with Crippen LogP contribution in [0.25, 0.3) is 0 Å². The van der Waals surface area contributed by atoms with E-state index in [0.717, 1.165) is 0 Å². The Bertz CT molecular complexity index is 85.0. The Morgan fingerprint density at radius 2 is 2.33 bits per heavy atom. The van der Waals surface area contributed by atoms with Gasteiger partial charge in [0.25, 0.3) is 0 Å². The highest BCUT2D eigenvalue weighted by atomic mass is 35.5.